The second-order valence-electron chi connectivity index (χ2n) is 7.46. The van der Waals surface area contributed by atoms with Crippen molar-refractivity contribution in [1.29, 1.82) is 0 Å². The first kappa shape index (κ1) is 19.8. The number of carbonyl (C=O) groups is 2. The van der Waals surface area contributed by atoms with Gasteiger partial charge in [0.15, 0.2) is 0 Å². The number of carboxylic acid groups (broad SMARTS) is 1. The van der Waals surface area contributed by atoms with Crippen molar-refractivity contribution in [2.24, 2.45) is 5.92 Å². The molecule has 2 heterocycles. The maximum Gasteiger partial charge on any atom is 0.326 e. The molecule has 0 aromatic carbocycles. The Morgan fingerprint density at radius 1 is 1.30 bits per heavy atom. The van der Waals surface area contributed by atoms with Crippen LogP contribution in [0.25, 0.3) is 0 Å². The molecule has 9 nitrogen and oxygen atoms in total. The molecule has 1 aliphatic heterocycles. The summed E-state index contributed by atoms with van der Waals surface area (Å²) in [6.07, 6.45) is 2.71. The summed E-state index contributed by atoms with van der Waals surface area (Å²) in [5, 5.41) is 16.0. The Bertz CT molecular complexity index is 826. The van der Waals surface area contributed by atoms with Gasteiger partial charge >= 0.3 is 5.97 Å². The Morgan fingerprint density at radius 2 is 1.96 bits per heavy atom. The van der Waals surface area contributed by atoms with E-state index in [2.05, 4.69) is 10.2 Å². The van der Waals surface area contributed by atoms with Crippen molar-refractivity contribution in [2.45, 2.75) is 63.4 Å². The van der Waals surface area contributed by atoms with E-state index in [9.17, 15) is 23.1 Å². The summed E-state index contributed by atoms with van der Waals surface area (Å²) in [5.41, 5.74) is 0.875. The standard InChI is InChI=1S/C17H26N4O5S/c1-10-15(11(2)19-18-10)27(25,26)20-8-4-5-13(9-20)16(22)21(14-6-7-14)12(3)17(23)24/h12-14H,4-9H2,1-3H3,(H,18,19)(H,23,24). The van der Waals surface area contributed by atoms with Gasteiger partial charge in [0.25, 0.3) is 0 Å². The number of aryl methyl sites for hydroxylation is 2. The number of piperidine rings is 1. The van der Waals surface area contributed by atoms with Crippen LogP contribution in [0.2, 0.25) is 0 Å². The highest BCUT2D eigenvalue weighted by molar-refractivity contribution is 7.89. The van der Waals surface area contributed by atoms with Crippen molar-refractivity contribution in [3.8, 4) is 0 Å². The van der Waals surface area contributed by atoms with Crippen molar-refractivity contribution >= 4 is 21.9 Å². The number of sulfonamides is 1. The molecule has 2 atom stereocenters. The maximum atomic E-state index is 13.1. The summed E-state index contributed by atoms with van der Waals surface area (Å²) in [6.45, 7) is 5.21. The molecule has 10 heteroatoms. The monoisotopic (exact) mass is 398 g/mol. The number of hydrogen-bond donors (Lipinski definition) is 2. The summed E-state index contributed by atoms with van der Waals surface area (Å²) in [6, 6.07) is -0.954. The molecule has 27 heavy (non-hydrogen) atoms. The molecular formula is C17H26N4O5S. The average molecular weight is 398 g/mol. The van der Waals surface area contributed by atoms with Gasteiger partial charge in [-0.1, -0.05) is 0 Å². The number of rotatable bonds is 6. The number of nitrogens with zero attached hydrogens (tertiary/aromatic N) is 3. The van der Waals surface area contributed by atoms with Crippen LogP contribution in [0.5, 0.6) is 0 Å². The minimum Gasteiger partial charge on any atom is -0.480 e. The van der Waals surface area contributed by atoms with Gasteiger partial charge in [-0.15, -0.1) is 0 Å². The van der Waals surface area contributed by atoms with Crippen molar-refractivity contribution in [2.75, 3.05) is 13.1 Å². The molecule has 0 radical (unpaired) electrons. The van der Waals surface area contributed by atoms with Crippen molar-refractivity contribution in [3.63, 3.8) is 0 Å². The number of aromatic amines is 1. The zero-order chi connectivity index (χ0) is 19.9. The average Bonchev–Trinajstić information content (AvgIpc) is 3.39. The quantitative estimate of drug-likeness (QED) is 0.733. The molecule has 1 saturated carbocycles. The predicted molar refractivity (Wildman–Crippen MR) is 96.5 cm³/mol. The van der Waals surface area contributed by atoms with Gasteiger partial charge in [0, 0.05) is 19.1 Å². The lowest BCUT2D eigenvalue weighted by Gasteiger charge is -2.35. The van der Waals surface area contributed by atoms with E-state index in [4.69, 9.17) is 0 Å². The van der Waals surface area contributed by atoms with E-state index in [-0.39, 0.29) is 23.4 Å². The molecule has 1 amide bonds. The number of aliphatic carboxylic acids is 1. The molecule has 2 aliphatic rings. The van der Waals surface area contributed by atoms with E-state index < -0.39 is 28.0 Å². The van der Waals surface area contributed by atoms with Gasteiger partial charge in [0.2, 0.25) is 15.9 Å². The first-order chi connectivity index (χ1) is 12.6. The summed E-state index contributed by atoms with van der Waals surface area (Å²) in [5.74, 6) is -1.82. The number of aromatic nitrogens is 2. The van der Waals surface area contributed by atoms with Crippen molar-refractivity contribution < 1.29 is 23.1 Å². The molecule has 0 bridgehead atoms. The number of hydrogen-bond acceptors (Lipinski definition) is 5. The third-order valence-corrected chi connectivity index (χ3v) is 7.49. The molecule has 1 aromatic heterocycles. The molecule has 3 rings (SSSR count). The summed E-state index contributed by atoms with van der Waals surface area (Å²) in [4.78, 5) is 26.0. The fourth-order valence-corrected chi connectivity index (χ4v) is 5.64. The van der Waals surface area contributed by atoms with Crippen molar-refractivity contribution in [1.82, 2.24) is 19.4 Å². The van der Waals surface area contributed by atoms with Gasteiger partial charge in [-0.25, -0.2) is 13.2 Å². The number of nitrogens with one attached hydrogen (secondary N) is 1. The first-order valence-electron chi connectivity index (χ1n) is 9.21. The molecule has 2 fully saturated rings. The van der Waals surface area contributed by atoms with E-state index >= 15 is 0 Å². The van der Waals surface area contributed by atoms with Gasteiger partial charge < -0.3 is 10.0 Å². The second-order valence-corrected chi connectivity index (χ2v) is 9.33. The molecule has 1 aromatic rings. The molecule has 2 unspecified atom stereocenters. The lowest BCUT2D eigenvalue weighted by Crippen LogP contribution is -2.51. The Morgan fingerprint density at radius 3 is 2.48 bits per heavy atom. The minimum atomic E-state index is -3.76. The van der Waals surface area contributed by atoms with Crippen LogP contribution in [0, 0.1) is 19.8 Å². The molecule has 1 aliphatic carbocycles. The summed E-state index contributed by atoms with van der Waals surface area (Å²) in [7, 11) is -3.76. The highest BCUT2D eigenvalue weighted by Gasteiger charge is 2.43. The number of amides is 1. The van der Waals surface area contributed by atoms with Crippen LogP contribution in [0.15, 0.2) is 4.90 Å². The summed E-state index contributed by atoms with van der Waals surface area (Å²) >= 11 is 0. The Labute approximate surface area is 158 Å². The Hall–Kier alpha value is -1.94. The zero-order valence-corrected chi connectivity index (χ0v) is 16.6. The highest BCUT2D eigenvalue weighted by Crippen LogP contribution is 2.33. The van der Waals surface area contributed by atoms with E-state index in [1.807, 2.05) is 0 Å². The summed E-state index contributed by atoms with van der Waals surface area (Å²) < 4.78 is 27.5. The zero-order valence-electron chi connectivity index (χ0n) is 15.8. The molecule has 0 spiro atoms. The molecule has 150 valence electrons. The van der Waals surface area contributed by atoms with Crippen molar-refractivity contribution in [3.05, 3.63) is 11.4 Å². The topological polar surface area (TPSA) is 124 Å². The smallest absolute Gasteiger partial charge is 0.326 e. The highest BCUT2D eigenvalue weighted by atomic mass is 32.2. The molecular weight excluding hydrogens is 372 g/mol. The van der Waals surface area contributed by atoms with E-state index in [0.29, 0.717) is 30.8 Å². The van der Waals surface area contributed by atoms with Crippen LogP contribution in [0.3, 0.4) is 0 Å². The number of carbonyl (C=O) groups excluding carboxylic acids is 1. The number of H-pyrrole nitrogens is 1. The van der Waals surface area contributed by atoms with Gasteiger partial charge in [0.05, 0.1) is 17.3 Å². The third kappa shape index (κ3) is 3.73. The minimum absolute atomic E-state index is 0.0473. The number of carboxylic acids is 1. The SMILES string of the molecule is Cc1n[nH]c(C)c1S(=O)(=O)N1CCCC(C(=O)N(C2CC2)C(C)C(=O)O)C1. The first-order valence-corrected chi connectivity index (χ1v) is 10.6. The van der Waals surface area contributed by atoms with Gasteiger partial charge in [-0.2, -0.15) is 9.40 Å². The van der Waals surface area contributed by atoms with E-state index in [1.165, 1.54) is 16.1 Å². The van der Waals surface area contributed by atoms with Crippen LogP contribution < -0.4 is 0 Å². The van der Waals surface area contributed by atoms with Crippen LogP contribution in [0.4, 0.5) is 0 Å². The van der Waals surface area contributed by atoms with E-state index in [0.717, 1.165) is 12.8 Å². The maximum absolute atomic E-state index is 13.1. The van der Waals surface area contributed by atoms with E-state index in [1.54, 1.807) is 13.8 Å². The Balaban J connectivity index is 1.81. The van der Waals surface area contributed by atoms with Gasteiger partial charge in [0.1, 0.15) is 10.9 Å². The normalized spacial score (nSPS) is 22.4. The fourth-order valence-electron chi connectivity index (χ4n) is 3.78. The fraction of sp³-hybridized carbons (Fsp3) is 0.706. The predicted octanol–water partition coefficient (Wildman–Crippen LogP) is 0.891. The molecule has 1 saturated heterocycles. The van der Waals surface area contributed by atoms with Crippen LogP contribution >= 0.6 is 0 Å². The van der Waals surface area contributed by atoms with Crippen LogP contribution in [0.1, 0.15) is 44.0 Å². The van der Waals surface area contributed by atoms with Gasteiger partial charge in [-0.3, -0.25) is 9.89 Å². The second kappa shape index (κ2) is 7.23. The van der Waals surface area contributed by atoms with Crippen LogP contribution in [-0.2, 0) is 19.6 Å². The largest absolute Gasteiger partial charge is 0.480 e. The van der Waals surface area contributed by atoms with Crippen LogP contribution in [-0.4, -0.2) is 70.0 Å². The molecule has 2 N–H and O–H groups in total. The third-order valence-electron chi connectivity index (χ3n) is 5.36. The Kier molecular flexibility index (Phi) is 5.31. The lowest BCUT2D eigenvalue weighted by atomic mass is 9.97. The van der Waals surface area contributed by atoms with Gasteiger partial charge in [-0.05, 0) is 46.5 Å². The lowest BCUT2D eigenvalue weighted by molar-refractivity contribution is -0.152.